The predicted molar refractivity (Wildman–Crippen MR) is 105 cm³/mol. The third-order valence-electron chi connectivity index (χ3n) is 4.99. The quantitative estimate of drug-likeness (QED) is 0.381. The first-order valence-electron chi connectivity index (χ1n) is 9.76. The van der Waals surface area contributed by atoms with E-state index in [0.717, 1.165) is 6.08 Å². The first-order valence-corrected chi connectivity index (χ1v) is 9.76. The van der Waals surface area contributed by atoms with Gasteiger partial charge in [-0.3, -0.25) is 4.79 Å². The minimum atomic E-state index is -3.21. The van der Waals surface area contributed by atoms with Crippen LogP contribution in [0.3, 0.4) is 0 Å². The number of ether oxygens (including phenoxy) is 1. The van der Waals surface area contributed by atoms with Gasteiger partial charge in [0.1, 0.15) is 5.75 Å². The Kier molecular flexibility index (Phi) is 8.79. The summed E-state index contributed by atoms with van der Waals surface area (Å²) in [4.78, 5) is 10.5. The van der Waals surface area contributed by atoms with E-state index in [1.165, 1.54) is 6.08 Å². The van der Waals surface area contributed by atoms with Crippen LogP contribution in [0.15, 0.2) is 54.6 Å². The summed E-state index contributed by atoms with van der Waals surface area (Å²) >= 11 is 0. The first-order chi connectivity index (χ1) is 13.8. The van der Waals surface area contributed by atoms with E-state index in [0.29, 0.717) is 25.0 Å². The lowest BCUT2D eigenvalue weighted by atomic mass is 9.89. The van der Waals surface area contributed by atoms with Crippen LogP contribution in [0.2, 0.25) is 0 Å². The maximum atomic E-state index is 14.2. The van der Waals surface area contributed by atoms with E-state index in [1.54, 1.807) is 30.3 Å². The van der Waals surface area contributed by atoms with Gasteiger partial charge in [0, 0.05) is 18.8 Å². The molecule has 1 aliphatic rings. The van der Waals surface area contributed by atoms with Crippen LogP contribution in [-0.4, -0.2) is 46.0 Å². The van der Waals surface area contributed by atoms with Crippen molar-refractivity contribution in [1.29, 1.82) is 0 Å². The van der Waals surface area contributed by atoms with Crippen molar-refractivity contribution in [3.63, 3.8) is 0 Å². The van der Waals surface area contributed by atoms with Crippen LogP contribution < -0.4 is 4.74 Å². The topological polar surface area (TPSA) is 87.0 Å². The average molecular weight is 410 g/mol. The van der Waals surface area contributed by atoms with Gasteiger partial charge in [0.2, 0.25) is 0 Å². The Morgan fingerprint density at radius 3 is 2.59 bits per heavy atom. The van der Waals surface area contributed by atoms with E-state index < -0.39 is 36.6 Å². The fourth-order valence-corrected chi connectivity index (χ4v) is 3.45. The second kappa shape index (κ2) is 11.1. The highest BCUT2D eigenvalue weighted by molar-refractivity contribution is 5.66. The molecule has 0 spiro atoms. The molecular formula is C22H28F2O5. The number of para-hydroxylation sites is 1. The van der Waals surface area contributed by atoms with Crippen LogP contribution in [0.1, 0.15) is 32.1 Å². The first kappa shape index (κ1) is 23.0. The standard InChI is InChI=1S/C22H28F2O5/c23-22(24,15-29-16-8-4-3-5-9-16)13-12-18-17(19(25)14-20(18)26)10-6-1-2-7-11-21(27)28/h1,3-6,8-9,12-13,17-20,25-26H,2,7,10-11,14-15H2,(H,27,28)/b6-1+,13-12+. The van der Waals surface area contributed by atoms with Crippen LogP contribution in [-0.2, 0) is 4.79 Å². The van der Waals surface area contributed by atoms with Gasteiger partial charge in [-0.2, -0.15) is 8.78 Å². The van der Waals surface area contributed by atoms with Gasteiger partial charge in [0.15, 0.2) is 6.61 Å². The highest BCUT2D eigenvalue weighted by atomic mass is 19.3. The number of aliphatic hydroxyl groups is 2. The summed E-state index contributed by atoms with van der Waals surface area (Å²) in [5, 5.41) is 28.9. The smallest absolute Gasteiger partial charge is 0.303 e. The number of allylic oxidation sites excluding steroid dienone is 2. The lowest BCUT2D eigenvalue weighted by Crippen LogP contribution is -2.25. The number of unbranched alkanes of at least 4 members (excludes halogenated alkanes) is 1. The Morgan fingerprint density at radius 2 is 1.90 bits per heavy atom. The summed E-state index contributed by atoms with van der Waals surface area (Å²) in [7, 11) is 0. The largest absolute Gasteiger partial charge is 0.487 e. The molecular weight excluding hydrogens is 382 g/mol. The number of benzene rings is 1. The Hall–Kier alpha value is -2.25. The van der Waals surface area contributed by atoms with Crippen molar-refractivity contribution in [3.8, 4) is 5.75 Å². The van der Waals surface area contributed by atoms with Crippen molar-refractivity contribution in [2.24, 2.45) is 11.8 Å². The lowest BCUT2D eigenvalue weighted by Gasteiger charge is -2.20. The molecule has 4 unspecified atom stereocenters. The number of hydrogen-bond acceptors (Lipinski definition) is 4. The highest BCUT2D eigenvalue weighted by Gasteiger charge is 2.40. The van der Waals surface area contributed by atoms with Gasteiger partial charge in [0.05, 0.1) is 12.2 Å². The highest BCUT2D eigenvalue weighted by Crippen LogP contribution is 2.37. The van der Waals surface area contributed by atoms with Gasteiger partial charge in [-0.1, -0.05) is 36.4 Å². The monoisotopic (exact) mass is 410 g/mol. The number of carboxylic acid groups (broad SMARTS) is 1. The van der Waals surface area contributed by atoms with Gasteiger partial charge >= 0.3 is 5.97 Å². The molecule has 0 bridgehead atoms. The second-order valence-corrected chi connectivity index (χ2v) is 7.33. The SMILES string of the molecule is O=C(O)CCC/C=C/CC1C(O)CC(O)C1/C=C/C(F)(F)COc1ccccc1. The van der Waals surface area contributed by atoms with Crippen LogP contribution in [0.25, 0.3) is 0 Å². The Labute approximate surface area is 169 Å². The number of alkyl halides is 2. The van der Waals surface area contributed by atoms with Crippen molar-refractivity contribution in [3.05, 3.63) is 54.6 Å². The molecule has 0 amide bonds. The zero-order chi connectivity index (χ0) is 21.3. The zero-order valence-electron chi connectivity index (χ0n) is 16.2. The molecule has 2 rings (SSSR count). The molecule has 7 heteroatoms. The van der Waals surface area contributed by atoms with Crippen molar-refractivity contribution in [2.75, 3.05) is 6.61 Å². The molecule has 160 valence electrons. The van der Waals surface area contributed by atoms with Crippen LogP contribution in [0.4, 0.5) is 8.78 Å². The third kappa shape index (κ3) is 7.95. The van der Waals surface area contributed by atoms with E-state index in [2.05, 4.69) is 0 Å². The molecule has 0 saturated heterocycles. The van der Waals surface area contributed by atoms with Crippen LogP contribution >= 0.6 is 0 Å². The van der Waals surface area contributed by atoms with Gasteiger partial charge in [0.25, 0.3) is 5.92 Å². The number of carboxylic acids is 1. The zero-order valence-corrected chi connectivity index (χ0v) is 16.2. The molecule has 0 aliphatic heterocycles. The minimum Gasteiger partial charge on any atom is -0.487 e. The molecule has 3 N–H and O–H groups in total. The summed E-state index contributed by atoms with van der Waals surface area (Å²) in [5.41, 5.74) is 0. The number of aliphatic hydroxyl groups excluding tert-OH is 2. The molecule has 1 fully saturated rings. The van der Waals surface area contributed by atoms with Crippen LogP contribution in [0, 0.1) is 11.8 Å². The van der Waals surface area contributed by atoms with E-state index in [-0.39, 0.29) is 18.8 Å². The molecule has 29 heavy (non-hydrogen) atoms. The van der Waals surface area contributed by atoms with Crippen molar-refractivity contribution in [1.82, 2.24) is 0 Å². The molecule has 1 saturated carbocycles. The van der Waals surface area contributed by atoms with E-state index >= 15 is 0 Å². The van der Waals surface area contributed by atoms with Gasteiger partial charge in [-0.05, 0) is 43.4 Å². The molecule has 1 aromatic rings. The van der Waals surface area contributed by atoms with Gasteiger partial charge < -0.3 is 20.1 Å². The summed E-state index contributed by atoms with van der Waals surface area (Å²) in [6.45, 7) is -0.812. The number of aliphatic carboxylic acids is 1. The Balaban J connectivity index is 1.89. The maximum absolute atomic E-state index is 14.2. The average Bonchev–Trinajstić information content (AvgIpc) is 2.94. The molecule has 1 aromatic carbocycles. The Morgan fingerprint density at radius 1 is 1.17 bits per heavy atom. The molecule has 0 radical (unpaired) electrons. The Bertz CT molecular complexity index is 690. The van der Waals surface area contributed by atoms with E-state index in [9.17, 15) is 23.8 Å². The minimum absolute atomic E-state index is 0.0839. The molecule has 1 aliphatic carbocycles. The van der Waals surface area contributed by atoms with Crippen molar-refractivity contribution < 1.29 is 33.6 Å². The van der Waals surface area contributed by atoms with Crippen molar-refractivity contribution >= 4 is 5.97 Å². The van der Waals surface area contributed by atoms with Crippen molar-refractivity contribution in [2.45, 2.75) is 50.2 Å². The van der Waals surface area contributed by atoms with Crippen LogP contribution in [0.5, 0.6) is 5.75 Å². The summed E-state index contributed by atoms with van der Waals surface area (Å²) < 4.78 is 33.4. The number of carbonyl (C=O) groups is 1. The fourth-order valence-electron chi connectivity index (χ4n) is 3.45. The predicted octanol–water partition coefficient (Wildman–Crippen LogP) is 3.82. The summed E-state index contributed by atoms with van der Waals surface area (Å²) in [5.74, 6) is -4.67. The number of rotatable bonds is 11. The summed E-state index contributed by atoms with van der Waals surface area (Å²) in [6, 6.07) is 8.34. The molecule has 5 nitrogen and oxygen atoms in total. The van der Waals surface area contributed by atoms with E-state index in [1.807, 2.05) is 12.2 Å². The molecule has 0 aromatic heterocycles. The molecule has 0 heterocycles. The second-order valence-electron chi connectivity index (χ2n) is 7.33. The third-order valence-corrected chi connectivity index (χ3v) is 4.99. The lowest BCUT2D eigenvalue weighted by molar-refractivity contribution is -0.137. The molecule has 4 atom stereocenters. The summed E-state index contributed by atoms with van der Waals surface area (Å²) in [6.07, 6.45) is 5.73. The fraction of sp³-hybridized carbons (Fsp3) is 0.500. The maximum Gasteiger partial charge on any atom is 0.303 e. The number of hydrogen-bond donors (Lipinski definition) is 3. The van der Waals surface area contributed by atoms with Gasteiger partial charge in [-0.15, -0.1) is 0 Å². The van der Waals surface area contributed by atoms with Gasteiger partial charge in [-0.25, -0.2) is 0 Å². The normalized spacial score (nSPS) is 25.1. The number of halogens is 2. The van der Waals surface area contributed by atoms with E-state index in [4.69, 9.17) is 9.84 Å².